The van der Waals surface area contributed by atoms with E-state index in [0.717, 1.165) is 66.5 Å². The summed E-state index contributed by atoms with van der Waals surface area (Å²) in [5, 5.41) is 7.63. The Kier molecular flexibility index (Phi) is 4.51. The summed E-state index contributed by atoms with van der Waals surface area (Å²) in [6.45, 7) is 0.881. The van der Waals surface area contributed by atoms with Gasteiger partial charge in [0.25, 0.3) is 0 Å². The summed E-state index contributed by atoms with van der Waals surface area (Å²) < 4.78 is 13.5. The van der Waals surface area contributed by atoms with E-state index in [9.17, 15) is 4.39 Å². The standard InChI is InChI=1S/C21H21ClFN5/c22-16-4-1-15-12-27-13-26-28(21(27)11-25-19(15)9-16)18-5-2-14(3-6-18)20-10-17(23)7-8-24-20/h2,7-11,13,15,18H,1,3-6,12H2. The summed E-state index contributed by atoms with van der Waals surface area (Å²) in [6.07, 6.45) is 14.1. The molecule has 5 rings (SSSR count). The van der Waals surface area contributed by atoms with E-state index in [-0.39, 0.29) is 11.9 Å². The van der Waals surface area contributed by atoms with Crippen molar-refractivity contribution in [3.8, 4) is 0 Å². The number of pyridine rings is 1. The molecule has 7 heteroatoms. The Bertz CT molecular complexity index is 948. The van der Waals surface area contributed by atoms with E-state index in [2.05, 4.69) is 26.1 Å². The van der Waals surface area contributed by atoms with Crippen molar-refractivity contribution in [1.29, 1.82) is 0 Å². The van der Waals surface area contributed by atoms with Gasteiger partial charge in [-0.2, -0.15) is 5.10 Å². The van der Waals surface area contributed by atoms with Crippen molar-refractivity contribution in [2.45, 2.75) is 38.1 Å². The van der Waals surface area contributed by atoms with Crippen molar-refractivity contribution < 1.29 is 4.39 Å². The predicted molar refractivity (Wildman–Crippen MR) is 109 cm³/mol. The van der Waals surface area contributed by atoms with E-state index in [1.165, 1.54) is 18.3 Å². The fourth-order valence-electron chi connectivity index (χ4n) is 4.29. The first kappa shape index (κ1) is 17.6. The van der Waals surface area contributed by atoms with Gasteiger partial charge < -0.3 is 4.90 Å². The van der Waals surface area contributed by atoms with Crippen LogP contribution in [0.1, 0.15) is 37.8 Å². The molecule has 0 saturated heterocycles. The molecule has 2 atom stereocenters. The van der Waals surface area contributed by atoms with Crippen LogP contribution in [-0.4, -0.2) is 39.5 Å². The first-order valence-electron chi connectivity index (χ1n) is 9.72. The molecule has 0 bridgehead atoms. The minimum atomic E-state index is -0.244. The highest BCUT2D eigenvalue weighted by atomic mass is 35.5. The fraction of sp³-hybridized carbons (Fsp3) is 0.381. The number of nitrogens with zero attached hydrogens (tertiary/aromatic N) is 5. The summed E-state index contributed by atoms with van der Waals surface area (Å²) in [7, 11) is 0. The van der Waals surface area contributed by atoms with Gasteiger partial charge in [-0.1, -0.05) is 17.7 Å². The maximum absolute atomic E-state index is 13.5. The zero-order valence-electron chi connectivity index (χ0n) is 15.4. The number of aliphatic imine (C=N–C) groups is 1. The van der Waals surface area contributed by atoms with Crippen LogP contribution in [0.25, 0.3) is 5.57 Å². The highest BCUT2D eigenvalue weighted by Gasteiger charge is 2.33. The van der Waals surface area contributed by atoms with Crippen molar-refractivity contribution in [2.24, 2.45) is 16.0 Å². The zero-order valence-corrected chi connectivity index (χ0v) is 16.2. The van der Waals surface area contributed by atoms with Gasteiger partial charge in [0.2, 0.25) is 0 Å². The molecule has 28 heavy (non-hydrogen) atoms. The third-order valence-electron chi connectivity index (χ3n) is 5.83. The molecule has 0 spiro atoms. The third kappa shape index (κ3) is 3.26. The highest BCUT2D eigenvalue weighted by Crippen LogP contribution is 2.35. The van der Waals surface area contributed by atoms with Crippen LogP contribution in [0.5, 0.6) is 0 Å². The molecular formula is C21H21ClFN5. The summed E-state index contributed by atoms with van der Waals surface area (Å²) in [5.74, 6) is 1.17. The minimum absolute atomic E-state index is 0.244. The average Bonchev–Trinajstić information content (AvgIpc) is 3.02. The van der Waals surface area contributed by atoms with Gasteiger partial charge in [-0.05, 0) is 55.9 Å². The zero-order chi connectivity index (χ0) is 19.1. The van der Waals surface area contributed by atoms with Crippen LogP contribution in [0.3, 0.4) is 0 Å². The number of allylic oxidation sites excluding steroid dienone is 3. The predicted octanol–water partition coefficient (Wildman–Crippen LogP) is 4.50. The molecule has 4 aliphatic rings. The van der Waals surface area contributed by atoms with Gasteiger partial charge in [-0.15, -0.1) is 0 Å². The third-order valence-corrected chi connectivity index (χ3v) is 6.12. The summed E-state index contributed by atoms with van der Waals surface area (Å²) in [4.78, 5) is 11.2. The van der Waals surface area contributed by atoms with Crippen molar-refractivity contribution >= 4 is 29.2 Å². The fourth-order valence-corrected chi connectivity index (χ4v) is 4.51. The number of hydrazone groups is 1. The number of halogens is 2. The molecule has 3 heterocycles. The first-order valence-corrected chi connectivity index (χ1v) is 10.1. The van der Waals surface area contributed by atoms with Gasteiger partial charge in [0, 0.05) is 29.4 Å². The van der Waals surface area contributed by atoms with Gasteiger partial charge in [0.15, 0.2) is 0 Å². The Labute approximate surface area is 168 Å². The molecule has 2 aliphatic heterocycles. The van der Waals surface area contributed by atoms with Gasteiger partial charge >= 0.3 is 0 Å². The molecule has 0 saturated carbocycles. The van der Waals surface area contributed by atoms with Crippen LogP contribution in [0.15, 0.2) is 57.6 Å². The molecule has 1 aromatic heterocycles. The van der Waals surface area contributed by atoms with Crippen molar-refractivity contribution in [3.63, 3.8) is 0 Å². The summed E-state index contributed by atoms with van der Waals surface area (Å²) >= 11 is 6.21. The minimum Gasteiger partial charge on any atom is -0.314 e. The quantitative estimate of drug-likeness (QED) is 0.737. The van der Waals surface area contributed by atoms with Gasteiger partial charge in [0.05, 0.1) is 17.9 Å². The van der Waals surface area contributed by atoms with E-state index >= 15 is 0 Å². The molecule has 0 aromatic carbocycles. The molecule has 0 N–H and O–H groups in total. The van der Waals surface area contributed by atoms with Crippen molar-refractivity contribution in [1.82, 2.24) is 14.9 Å². The number of hydrogen-bond donors (Lipinski definition) is 0. The number of rotatable bonds is 2. The first-order chi connectivity index (χ1) is 13.7. The van der Waals surface area contributed by atoms with Crippen LogP contribution in [0.4, 0.5) is 4.39 Å². The summed E-state index contributed by atoms with van der Waals surface area (Å²) in [6, 6.07) is 3.15. The van der Waals surface area contributed by atoms with Gasteiger partial charge in [0.1, 0.15) is 18.0 Å². The molecule has 0 amide bonds. The second-order valence-corrected chi connectivity index (χ2v) is 8.10. The highest BCUT2D eigenvalue weighted by molar-refractivity contribution is 6.31. The summed E-state index contributed by atoms with van der Waals surface area (Å²) in [5.41, 5.74) is 2.91. The van der Waals surface area contributed by atoms with E-state index < -0.39 is 0 Å². The Morgan fingerprint density at radius 1 is 1.21 bits per heavy atom. The molecule has 1 aromatic rings. The van der Waals surface area contributed by atoms with E-state index in [0.29, 0.717) is 5.92 Å². The number of hydrogen-bond acceptors (Lipinski definition) is 5. The monoisotopic (exact) mass is 397 g/mol. The van der Waals surface area contributed by atoms with Crippen molar-refractivity contribution in [3.05, 3.63) is 59.0 Å². The molecule has 144 valence electrons. The van der Waals surface area contributed by atoms with Crippen LogP contribution in [0.2, 0.25) is 0 Å². The van der Waals surface area contributed by atoms with Gasteiger partial charge in [-0.25, -0.2) is 9.40 Å². The second-order valence-electron chi connectivity index (χ2n) is 7.61. The number of aromatic nitrogens is 1. The maximum Gasteiger partial charge on any atom is 0.149 e. The topological polar surface area (TPSA) is 44.1 Å². The van der Waals surface area contributed by atoms with E-state index in [1.54, 1.807) is 0 Å². The largest absolute Gasteiger partial charge is 0.314 e. The molecular weight excluding hydrogens is 377 g/mol. The molecule has 0 fully saturated rings. The Balaban J connectivity index is 1.34. The molecule has 2 unspecified atom stereocenters. The molecule has 5 nitrogen and oxygen atoms in total. The van der Waals surface area contributed by atoms with Crippen LogP contribution < -0.4 is 0 Å². The molecule has 2 aliphatic carbocycles. The van der Waals surface area contributed by atoms with Crippen molar-refractivity contribution in [2.75, 3.05) is 6.54 Å². The van der Waals surface area contributed by atoms with Crippen LogP contribution in [0, 0.1) is 11.7 Å². The lowest BCUT2D eigenvalue weighted by atomic mass is 9.92. The number of fused-ring (bicyclic) bond motifs is 2. The van der Waals surface area contributed by atoms with E-state index in [4.69, 9.17) is 16.6 Å². The smallest absolute Gasteiger partial charge is 0.149 e. The SMILES string of the molecule is Fc1ccnc(C2=CCC(N3N=CN4CC5CCC(Cl)=CC5=NC=C43)CC2)c1. The lowest BCUT2D eigenvalue weighted by molar-refractivity contribution is 0.223. The Morgan fingerprint density at radius 2 is 2.14 bits per heavy atom. The average molecular weight is 398 g/mol. The molecule has 0 radical (unpaired) electrons. The lowest BCUT2D eigenvalue weighted by Gasteiger charge is -2.31. The normalized spacial score (nSPS) is 26.6. The Hall–Kier alpha value is -2.47. The van der Waals surface area contributed by atoms with Gasteiger partial charge in [-0.3, -0.25) is 9.98 Å². The van der Waals surface area contributed by atoms with Crippen LogP contribution >= 0.6 is 11.6 Å². The van der Waals surface area contributed by atoms with E-state index in [1.807, 2.05) is 18.6 Å². The lowest BCUT2D eigenvalue weighted by Crippen LogP contribution is -2.35. The maximum atomic E-state index is 13.5. The Morgan fingerprint density at radius 3 is 2.96 bits per heavy atom. The second kappa shape index (κ2) is 7.17. The van der Waals surface area contributed by atoms with Crippen LogP contribution in [-0.2, 0) is 0 Å².